The molecule has 0 spiro atoms. The molecule has 0 saturated carbocycles. The van der Waals surface area contributed by atoms with Crippen molar-refractivity contribution in [2.75, 3.05) is 13.2 Å². The van der Waals surface area contributed by atoms with Crippen LogP contribution in [-0.4, -0.2) is 13.2 Å². The molecule has 2 rings (SSSR count). The van der Waals surface area contributed by atoms with E-state index >= 15 is 0 Å². The van der Waals surface area contributed by atoms with Crippen LogP contribution in [0.5, 0.6) is 5.75 Å². The van der Waals surface area contributed by atoms with E-state index < -0.39 is 0 Å². The van der Waals surface area contributed by atoms with Gasteiger partial charge in [0.15, 0.2) is 0 Å². The second-order valence-corrected chi connectivity index (χ2v) is 4.63. The van der Waals surface area contributed by atoms with Crippen LogP contribution in [-0.2, 0) is 13.0 Å². The number of nitrogens with one attached hydrogen (secondary N) is 1. The van der Waals surface area contributed by atoms with Crippen LogP contribution in [0.15, 0.2) is 48.5 Å². The highest BCUT2D eigenvalue weighted by Gasteiger charge is 1.97. The maximum absolute atomic E-state index is 13.0. The maximum atomic E-state index is 13.0. The van der Waals surface area contributed by atoms with Crippen LogP contribution >= 0.6 is 0 Å². The van der Waals surface area contributed by atoms with E-state index in [4.69, 9.17) is 4.74 Å². The molecule has 0 bridgehead atoms. The third-order valence-electron chi connectivity index (χ3n) is 3.04. The molecule has 0 aliphatic heterocycles. The maximum Gasteiger partial charge on any atom is 0.123 e. The molecule has 1 N–H and O–H groups in total. The zero-order valence-corrected chi connectivity index (χ0v) is 11.7. The minimum atomic E-state index is -0.172. The van der Waals surface area contributed by atoms with E-state index in [0.717, 1.165) is 30.8 Å². The number of hydrogen-bond donors (Lipinski definition) is 1. The lowest BCUT2D eigenvalue weighted by Gasteiger charge is -2.07. The predicted octanol–water partition coefficient (Wildman–Crippen LogP) is 3.56. The first-order chi connectivity index (χ1) is 9.78. The van der Waals surface area contributed by atoms with Crippen molar-refractivity contribution in [3.05, 3.63) is 65.5 Å². The SMILES string of the molecule is CCOc1ccc(CNCCc2cccc(F)c2)cc1. The van der Waals surface area contributed by atoms with Crippen LogP contribution in [0.25, 0.3) is 0 Å². The molecule has 2 nitrogen and oxygen atoms in total. The van der Waals surface area contributed by atoms with Crippen molar-refractivity contribution in [1.29, 1.82) is 0 Å². The van der Waals surface area contributed by atoms with Crippen LogP contribution in [0.4, 0.5) is 4.39 Å². The molecule has 3 heteroatoms. The zero-order chi connectivity index (χ0) is 14.2. The van der Waals surface area contributed by atoms with Gasteiger partial charge in [-0.25, -0.2) is 4.39 Å². The quantitative estimate of drug-likeness (QED) is 0.779. The fourth-order valence-corrected chi connectivity index (χ4v) is 2.03. The molecule has 0 fully saturated rings. The number of benzene rings is 2. The summed E-state index contributed by atoms with van der Waals surface area (Å²) in [5.74, 6) is 0.727. The van der Waals surface area contributed by atoms with Crippen LogP contribution in [0, 0.1) is 5.82 Å². The summed E-state index contributed by atoms with van der Waals surface area (Å²) in [7, 11) is 0. The Kier molecular flexibility index (Phi) is 5.56. The lowest BCUT2D eigenvalue weighted by atomic mass is 10.1. The molecule has 2 aromatic carbocycles. The summed E-state index contributed by atoms with van der Waals surface area (Å²) < 4.78 is 18.4. The van der Waals surface area contributed by atoms with Gasteiger partial charge < -0.3 is 10.1 Å². The molecular weight excluding hydrogens is 253 g/mol. The van der Waals surface area contributed by atoms with Gasteiger partial charge in [-0.05, 0) is 55.3 Å². The van der Waals surface area contributed by atoms with Gasteiger partial charge in [0.25, 0.3) is 0 Å². The molecule has 0 unspecified atom stereocenters. The number of rotatable bonds is 7. The lowest BCUT2D eigenvalue weighted by molar-refractivity contribution is 0.340. The van der Waals surface area contributed by atoms with E-state index in [2.05, 4.69) is 17.4 Å². The number of halogens is 1. The van der Waals surface area contributed by atoms with E-state index in [1.54, 1.807) is 12.1 Å². The molecule has 0 heterocycles. The molecular formula is C17H20FNO. The van der Waals surface area contributed by atoms with Gasteiger partial charge >= 0.3 is 0 Å². The molecule has 0 saturated heterocycles. The first kappa shape index (κ1) is 14.5. The Balaban J connectivity index is 1.73. The van der Waals surface area contributed by atoms with Crippen molar-refractivity contribution in [1.82, 2.24) is 5.32 Å². The minimum Gasteiger partial charge on any atom is -0.494 e. The van der Waals surface area contributed by atoms with Crippen molar-refractivity contribution in [2.24, 2.45) is 0 Å². The third-order valence-corrected chi connectivity index (χ3v) is 3.04. The Morgan fingerprint density at radius 2 is 1.85 bits per heavy atom. The van der Waals surface area contributed by atoms with Crippen LogP contribution in [0.2, 0.25) is 0 Å². The Bertz CT molecular complexity index is 525. The van der Waals surface area contributed by atoms with Crippen LogP contribution < -0.4 is 10.1 Å². The third kappa shape index (κ3) is 4.67. The number of ether oxygens (including phenoxy) is 1. The molecule has 0 amide bonds. The summed E-state index contributed by atoms with van der Waals surface area (Å²) >= 11 is 0. The van der Waals surface area contributed by atoms with Gasteiger partial charge in [0, 0.05) is 6.54 Å². The van der Waals surface area contributed by atoms with E-state index in [9.17, 15) is 4.39 Å². The fraction of sp³-hybridized carbons (Fsp3) is 0.294. The zero-order valence-electron chi connectivity index (χ0n) is 11.7. The highest BCUT2D eigenvalue weighted by atomic mass is 19.1. The highest BCUT2D eigenvalue weighted by molar-refractivity contribution is 5.27. The van der Waals surface area contributed by atoms with E-state index in [1.165, 1.54) is 11.6 Å². The molecule has 0 radical (unpaired) electrons. The van der Waals surface area contributed by atoms with Gasteiger partial charge in [0.1, 0.15) is 11.6 Å². The summed E-state index contributed by atoms with van der Waals surface area (Å²) in [5, 5.41) is 3.36. The van der Waals surface area contributed by atoms with Crippen LogP contribution in [0.3, 0.4) is 0 Å². The van der Waals surface area contributed by atoms with Crippen molar-refractivity contribution in [3.63, 3.8) is 0 Å². The topological polar surface area (TPSA) is 21.3 Å². The molecule has 0 aliphatic rings. The second kappa shape index (κ2) is 7.65. The number of hydrogen-bond acceptors (Lipinski definition) is 2. The smallest absolute Gasteiger partial charge is 0.123 e. The molecule has 0 atom stereocenters. The van der Waals surface area contributed by atoms with E-state index in [0.29, 0.717) is 6.61 Å². The highest BCUT2D eigenvalue weighted by Crippen LogP contribution is 2.11. The summed E-state index contributed by atoms with van der Waals surface area (Å²) in [6, 6.07) is 14.8. The first-order valence-electron chi connectivity index (χ1n) is 6.95. The summed E-state index contributed by atoms with van der Waals surface area (Å²) in [6.07, 6.45) is 0.828. The van der Waals surface area contributed by atoms with Gasteiger partial charge in [0.2, 0.25) is 0 Å². The largest absolute Gasteiger partial charge is 0.494 e. The summed E-state index contributed by atoms with van der Waals surface area (Å²) in [4.78, 5) is 0. The molecule has 20 heavy (non-hydrogen) atoms. The van der Waals surface area contributed by atoms with Gasteiger partial charge in [-0.15, -0.1) is 0 Å². The monoisotopic (exact) mass is 273 g/mol. The van der Waals surface area contributed by atoms with E-state index in [1.807, 2.05) is 25.1 Å². The van der Waals surface area contributed by atoms with Gasteiger partial charge in [0.05, 0.1) is 6.61 Å². The van der Waals surface area contributed by atoms with Crippen LogP contribution in [0.1, 0.15) is 18.1 Å². The Labute approximate surface area is 119 Å². The normalized spacial score (nSPS) is 10.5. The summed E-state index contributed by atoms with van der Waals surface area (Å²) in [5.41, 5.74) is 2.23. The second-order valence-electron chi connectivity index (χ2n) is 4.63. The van der Waals surface area contributed by atoms with Gasteiger partial charge in [-0.3, -0.25) is 0 Å². The fourth-order valence-electron chi connectivity index (χ4n) is 2.03. The Hall–Kier alpha value is -1.87. The van der Waals surface area contributed by atoms with E-state index in [-0.39, 0.29) is 5.82 Å². The molecule has 106 valence electrons. The van der Waals surface area contributed by atoms with Gasteiger partial charge in [-0.2, -0.15) is 0 Å². The van der Waals surface area contributed by atoms with Crippen molar-refractivity contribution < 1.29 is 9.13 Å². The van der Waals surface area contributed by atoms with Crippen molar-refractivity contribution >= 4 is 0 Å². The lowest BCUT2D eigenvalue weighted by Crippen LogP contribution is -2.16. The summed E-state index contributed by atoms with van der Waals surface area (Å²) in [6.45, 7) is 4.30. The molecule has 0 aromatic heterocycles. The minimum absolute atomic E-state index is 0.172. The van der Waals surface area contributed by atoms with Crippen molar-refractivity contribution in [3.8, 4) is 5.75 Å². The average molecular weight is 273 g/mol. The molecule has 0 aliphatic carbocycles. The standard InChI is InChI=1S/C17H20FNO/c1-2-20-17-8-6-15(7-9-17)13-19-11-10-14-4-3-5-16(18)12-14/h3-9,12,19H,2,10-11,13H2,1H3. The van der Waals surface area contributed by atoms with Crippen molar-refractivity contribution in [2.45, 2.75) is 19.9 Å². The molecule has 2 aromatic rings. The Morgan fingerprint density at radius 1 is 1.05 bits per heavy atom. The Morgan fingerprint density at radius 3 is 2.55 bits per heavy atom. The predicted molar refractivity (Wildman–Crippen MR) is 79.4 cm³/mol. The van der Waals surface area contributed by atoms with Gasteiger partial charge in [-0.1, -0.05) is 24.3 Å². The first-order valence-corrected chi connectivity index (χ1v) is 6.95. The average Bonchev–Trinajstić information content (AvgIpc) is 2.46.